The van der Waals surface area contributed by atoms with Gasteiger partial charge in [0.2, 0.25) is 0 Å². The minimum atomic E-state index is 0.198. The molecule has 0 aromatic carbocycles. The van der Waals surface area contributed by atoms with E-state index in [1.165, 1.54) is 36.9 Å². The first-order valence-electron chi connectivity index (χ1n) is 8.24. The molecule has 3 nitrogen and oxygen atoms in total. The van der Waals surface area contributed by atoms with Crippen LogP contribution in [0.25, 0.3) is 0 Å². The lowest BCUT2D eigenvalue weighted by Crippen LogP contribution is -2.33. The van der Waals surface area contributed by atoms with Gasteiger partial charge in [-0.3, -0.25) is 4.79 Å². The van der Waals surface area contributed by atoms with Crippen molar-refractivity contribution >= 4 is 0 Å². The van der Waals surface area contributed by atoms with Crippen molar-refractivity contribution in [3.63, 3.8) is 0 Å². The van der Waals surface area contributed by atoms with Crippen molar-refractivity contribution < 1.29 is 0 Å². The van der Waals surface area contributed by atoms with Crippen LogP contribution in [0.3, 0.4) is 0 Å². The van der Waals surface area contributed by atoms with Gasteiger partial charge in [-0.25, -0.2) is 0 Å². The zero-order valence-electron chi connectivity index (χ0n) is 12.5. The molecule has 0 amide bonds. The molecule has 2 aliphatic rings. The Morgan fingerprint density at radius 3 is 3.00 bits per heavy atom. The van der Waals surface area contributed by atoms with Crippen LogP contribution in [0.2, 0.25) is 0 Å². The summed E-state index contributed by atoms with van der Waals surface area (Å²) < 4.78 is 2.06. The number of nitrogens with one attached hydrogen (secondary N) is 1. The Labute approximate surface area is 121 Å². The second-order valence-corrected chi connectivity index (χ2v) is 6.29. The minimum Gasteiger partial charge on any atom is -0.314 e. The van der Waals surface area contributed by atoms with Crippen molar-refractivity contribution in [2.45, 2.75) is 64.5 Å². The van der Waals surface area contributed by atoms with E-state index in [1.807, 2.05) is 6.07 Å². The van der Waals surface area contributed by atoms with E-state index in [2.05, 4.69) is 16.8 Å². The lowest BCUT2D eigenvalue weighted by Gasteiger charge is -2.21. The molecule has 0 aliphatic heterocycles. The molecule has 3 rings (SSSR count). The van der Waals surface area contributed by atoms with Gasteiger partial charge in [-0.05, 0) is 56.6 Å². The smallest absolute Gasteiger partial charge is 0.250 e. The van der Waals surface area contributed by atoms with E-state index < -0.39 is 0 Å². The summed E-state index contributed by atoms with van der Waals surface area (Å²) in [6.45, 7) is 4.15. The predicted octanol–water partition coefficient (Wildman–Crippen LogP) is 2.51. The fourth-order valence-electron chi connectivity index (χ4n) is 4.09. The van der Waals surface area contributed by atoms with Crippen LogP contribution in [0.4, 0.5) is 0 Å². The Bertz CT molecular complexity index is 520. The Morgan fingerprint density at radius 1 is 1.25 bits per heavy atom. The first-order chi connectivity index (χ1) is 9.79. The molecule has 0 radical (unpaired) electrons. The van der Waals surface area contributed by atoms with E-state index >= 15 is 0 Å². The second kappa shape index (κ2) is 6.13. The molecule has 20 heavy (non-hydrogen) atoms. The highest BCUT2D eigenvalue weighted by atomic mass is 16.1. The number of fused-ring (bicyclic) bond motifs is 1. The summed E-state index contributed by atoms with van der Waals surface area (Å²) in [5, 5.41) is 3.61. The van der Waals surface area contributed by atoms with Gasteiger partial charge in [-0.15, -0.1) is 0 Å². The van der Waals surface area contributed by atoms with Gasteiger partial charge in [-0.2, -0.15) is 0 Å². The van der Waals surface area contributed by atoms with Crippen LogP contribution in [0.5, 0.6) is 0 Å². The number of hydrogen-bond acceptors (Lipinski definition) is 2. The quantitative estimate of drug-likeness (QED) is 0.895. The molecule has 2 unspecified atom stereocenters. The van der Waals surface area contributed by atoms with Gasteiger partial charge in [0.15, 0.2) is 0 Å². The maximum absolute atomic E-state index is 12.1. The summed E-state index contributed by atoms with van der Waals surface area (Å²) in [7, 11) is 0. The van der Waals surface area contributed by atoms with Gasteiger partial charge >= 0.3 is 0 Å². The Balaban J connectivity index is 1.70. The van der Waals surface area contributed by atoms with Gasteiger partial charge < -0.3 is 9.88 Å². The third-order valence-electron chi connectivity index (χ3n) is 5.10. The first-order valence-corrected chi connectivity index (χ1v) is 8.24. The van der Waals surface area contributed by atoms with Gasteiger partial charge in [0.05, 0.1) is 0 Å². The topological polar surface area (TPSA) is 34.0 Å². The van der Waals surface area contributed by atoms with Gasteiger partial charge in [0.1, 0.15) is 0 Å². The molecule has 1 aromatic rings. The number of hydrogen-bond donors (Lipinski definition) is 1. The second-order valence-electron chi connectivity index (χ2n) is 6.29. The SMILES string of the molecule is CCNC1CCCC1CCn1c2c(ccc1=O)CCC2. The molecular formula is C17H26N2O. The molecule has 0 bridgehead atoms. The van der Waals surface area contributed by atoms with Crippen molar-refractivity contribution in [1.29, 1.82) is 0 Å². The van der Waals surface area contributed by atoms with Crippen molar-refractivity contribution in [3.05, 3.63) is 33.7 Å². The fraction of sp³-hybridized carbons (Fsp3) is 0.706. The Hall–Kier alpha value is -1.09. The van der Waals surface area contributed by atoms with Crippen LogP contribution in [-0.2, 0) is 19.4 Å². The molecule has 0 saturated heterocycles. The maximum Gasteiger partial charge on any atom is 0.250 e. The van der Waals surface area contributed by atoms with E-state index in [1.54, 1.807) is 6.07 Å². The predicted molar refractivity (Wildman–Crippen MR) is 82.1 cm³/mol. The summed E-state index contributed by atoms with van der Waals surface area (Å²) in [5.74, 6) is 0.749. The van der Waals surface area contributed by atoms with Crippen molar-refractivity contribution in [1.82, 2.24) is 9.88 Å². The van der Waals surface area contributed by atoms with E-state index in [0.29, 0.717) is 6.04 Å². The highest BCUT2D eigenvalue weighted by Gasteiger charge is 2.26. The molecule has 2 atom stereocenters. The number of nitrogens with zero attached hydrogens (tertiary/aromatic N) is 1. The minimum absolute atomic E-state index is 0.198. The van der Waals surface area contributed by atoms with Crippen LogP contribution in [0, 0.1) is 5.92 Å². The van der Waals surface area contributed by atoms with Crippen LogP contribution < -0.4 is 10.9 Å². The molecule has 0 spiro atoms. The fourth-order valence-corrected chi connectivity index (χ4v) is 4.09. The van der Waals surface area contributed by atoms with Gasteiger partial charge in [0.25, 0.3) is 5.56 Å². The standard InChI is InChI=1S/C17H26N2O/c1-2-18-15-7-3-5-13(15)11-12-19-16-8-4-6-14(16)9-10-17(19)20/h9-10,13,15,18H,2-8,11-12H2,1H3. The Morgan fingerprint density at radius 2 is 2.15 bits per heavy atom. The Kier molecular flexibility index (Phi) is 4.25. The molecule has 1 saturated carbocycles. The largest absolute Gasteiger partial charge is 0.314 e. The van der Waals surface area contributed by atoms with E-state index in [4.69, 9.17) is 0 Å². The summed E-state index contributed by atoms with van der Waals surface area (Å²) in [6, 6.07) is 4.48. The maximum atomic E-state index is 12.1. The van der Waals surface area contributed by atoms with Crippen molar-refractivity contribution in [3.8, 4) is 0 Å². The van der Waals surface area contributed by atoms with Crippen molar-refractivity contribution in [2.24, 2.45) is 5.92 Å². The highest BCUT2D eigenvalue weighted by molar-refractivity contribution is 5.25. The molecular weight excluding hydrogens is 248 g/mol. The molecule has 1 fully saturated rings. The molecule has 3 heteroatoms. The lowest BCUT2D eigenvalue weighted by atomic mass is 9.99. The van der Waals surface area contributed by atoms with E-state index in [-0.39, 0.29) is 5.56 Å². The van der Waals surface area contributed by atoms with Crippen LogP contribution >= 0.6 is 0 Å². The highest BCUT2D eigenvalue weighted by Crippen LogP contribution is 2.29. The molecule has 110 valence electrons. The first kappa shape index (κ1) is 13.9. The van der Waals surface area contributed by atoms with E-state index in [0.717, 1.165) is 38.3 Å². The molecule has 2 aliphatic carbocycles. The molecule has 1 aromatic heterocycles. The van der Waals surface area contributed by atoms with Crippen LogP contribution in [0.15, 0.2) is 16.9 Å². The van der Waals surface area contributed by atoms with Crippen LogP contribution in [-0.4, -0.2) is 17.2 Å². The normalized spacial score (nSPS) is 25.1. The zero-order chi connectivity index (χ0) is 13.9. The monoisotopic (exact) mass is 274 g/mol. The molecule has 1 N–H and O–H groups in total. The summed E-state index contributed by atoms with van der Waals surface area (Å²) in [4.78, 5) is 12.1. The number of aryl methyl sites for hydroxylation is 1. The zero-order valence-corrected chi connectivity index (χ0v) is 12.5. The lowest BCUT2D eigenvalue weighted by molar-refractivity contribution is 0.362. The number of rotatable bonds is 5. The number of pyridine rings is 1. The molecule has 1 heterocycles. The summed E-state index contributed by atoms with van der Waals surface area (Å²) >= 11 is 0. The summed E-state index contributed by atoms with van der Waals surface area (Å²) in [5.41, 5.74) is 2.92. The van der Waals surface area contributed by atoms with Crippen molar-refractivity contribution in [2.75, 3.05) is 6.54 Å². The van der Waals surface area contributed by atoms with Crippen LogP contribution in [0.1, 0.15) is 50.3 Å². The van der Waals surface area contributed by atoms with E-state index in [9.17, 15) is 4.79 Å². The average molecular weight is 274 g/mol. The summed E-state index contributed by atoms with van der Waals surface area (Å²) in [6.07, 6.45) is 8.56. The van der Waals surface area contributed by atoms with Gasteiger partial charge in [0, 0.05) is 24.3 Å². The third-order valence-corrected chi connectivity index (χ3v) is 5.10. The number of aromatic nitrogens is 1. The van der Waals surface area contributed by atoms with Gasteiger partial charge in [-0.1, -0.05) is 19.4 Å². The average Bonchev–Trinajstić information content (AvgIpc) is 3.07. The third kappa shape index (κ3) is 2.69.